The predicted molar refractivity (Wildman–Crippen MR) is 98.8 cm³/mol. The second-order valence-corrected chi connectivity index (χ2v) is 7.69. The van der Waals surface area contributed by atoms with E-state index in [0.717, 1.165) is 31.4 Å². The summed E-state index contributed by atoms with van der Waals surface area (Å²) in [6.07, 6.45) is 10.8. The average molecular weight is 329 g/mol. The molecule has 0 spiro atoms. The van der Waals surface area contributed by atoms with Gasteiger partial charge in [-0.3, -0.25) is 4.79 Å². The topological polar surface area (TPSA) is 46.3 Å². The molecule has 1 saturated heterocycles. The van der Waals surface area contributed by atoms with Gasteiger partial charge in [0.15, 0.2) is 0 Å². The average Bonchev–Trinajstić information content (AvgIpc) is 2.65. The molecular weight excluding hydrogens is 296 g/mol. The van der Waals surface area contributed by atoms with E-state index in [9.17, 15) is 4.79 Å². The van der Waals surface area contributed by atoms with E-state index < -0.39 is 5.41 Å². The van der Waals surface area contributed by atoms with Gasteiger partial charge < -0.3 is 10.6 Å². The molecule has 1 atom stereocenters. The van der Waals surface area contributed by atoms with E-state index in [1.807, 2.05) is 6.07 Å². The minimum atomic E-state index is -0.487. The number of carbonyl (C=O) groups excluding carboxylic acids is 1. The number of primary amides is 1. The van der Waals surface area contributed by atoms with Gasteiger partial charge >= 0.3 is 0 Å². The highest BCUT2D eigenvalue weighted by Crippen LogP contribution is 2.43. The summed E-state index contributed by atoms with van der Waals surface area (Å²) in [5, 5.41) is 0. The summed E-state index contributed by atoms with van der Waals surface area (Å²) in [5.41, 5.74) is 6.75. The van der Waals surface area contributed by atoms with Crippen molar-refractivity contribution in [2.45, 2.75) is 63.2 Å². The summed E-state index contributed by atoms with van der Waals surface area (Å²) in [4.78, 5) is 15.3. The predicted octanol–water partition coefficient (Wildman–Crippen LogP) is 3.87. The second kappa shape index (κ2) is 8.15. The maximum atomic E-state index is 12.8. The minimum absolute atomic E-state index is 0.113. The Kier molecular flexibility index (Phi) is 5.94. The Balaban J connectivity index is 1.86. The van der Waals surface area contributed by atoms with Crippen LogP contribution in [-0.4, -0.2) is 30.4 Å². The molecule has 0 bridgehead atoms. The van der Waals surface area contributed by atoms with Crippen molar-refractivity contribution in [3.63, 3.8) is 0 Å². The third kappa shape index (κ3) is 3.66. The van der Waals surface area contributed by atoms with Crippen molar-refractivity contribution in [2.24, 2.45) is 11.7 Å². The highest BCUT2D eigenvalue weighted by Gasteiger charge is 2.45. The molecule has 2 N–H and O–H groups in total. The Bertz CT molecular complexity index is 518. The van der Waals surface area contributed by atoms with Crippen LogP contribution in [0.5, 0.6) is 0 Å². The first kappa shape index (κ1) is 17.5. The summed E-state index contributed by atoms with van der Waals surface area (Å²) >= 11 is 0. The molecule has 1 aliphatic heterocycles. The van der Waals surface area contributed by atoms with Crippen LogP contribution in [0, 0.1) is 5.92 Å². The van der Waals surface area contributed by atoms with Gasteiger partial charge in [0, 0.05) is 0 Å². The van der Waals surface area contributed by atoms with Crippen molar-refractivity contribution in [3.8, 4) is 0 Å². The van der Waals surface area contributed by atoms with Crippen LogP contribution in [0.15, 0.2) is 30.3 Å². The van der Waals surface area contributed by atoms with E-state index >= 15 is 0 Å². The van der Waals surface area contributed by atoms with Crippen LogP contribution >= 0.6 is 0 Å². The lowest BCUT2D eigenvalue weighted by molar-refractivity contribution is -0.126. The van der Waals surface area contributed by atoms with Gasteiger partial charge in [-0.15, -0.1) is 0 Å². The molecule has 1 unspecified atom stereocenters. The smallest absolute Gasteiger partial charge is 0.228 e. The second-order valence-electron chi connectivity index (χ2n) is 7.69. The molecule has 1 aromatic rings. The molecule has 1 saturated carbocycles. The van der Waals surface area contributed by atoms with Gasteiger partial charge in [0.25, 0.3) is 0 Å². The zero-order valence-corrected chi connectivity index (χ0v) is 14.9. The van der Waals surface area contributed by atoms with E-state index in [1.165, 1.54) is 51.6 Å². The number of amides is 1. The van der Waals surface area contributed by atoms with Crippen molar-refractivity contribution in [2.75, 3.05) is 19.6 Å². The Morgan fingerprint density at radius 2 is 1.62 bits per heavy atom. The molecule has 0 aromatic heterocycles. The number of likely N-dealkylation sites (tertiary alicyclic amines) is 1. The molecule has 3 heteroatoms. The lowest BCUT2D eigenvalue weighted by Crippen LogP contribution is -2.50. The van der Waals surface area contributed by atoms with E-state index in [4.69, 9.17) is 5.73 Å². The summed E-state index contributed by atoms with van der Waals surface area (Å²) < 4.78 is 0. The van der Waals surface area contributed by atoms with Crippen molar-refractivity contribution < 1.29 is 4.79 Å². The Hall–Kier alpha value is -1.35. The minimum Gasteiger partial charge on any atom is -0.369 e. The number of nitrogens with two attached hydrogens (primary N) is 1. The number of carbonyl (C=O) groups is 1. The standard InChI is InChI=1S/C21H32N2O/c22-20(24)21(18-10-4-1-5-11-18,19-12-6-2-7-13-19)14-17-23-15-8-3-9-16-23/h1,4-5,10-11,19H,2-3,6-9,12-17H2,(H2,22,24). The first-order valence-corrected chi connectivity index (χ1v) is 9.81. The number of rotatable bonds is 6. The van der Waals surface area contributed by atoms with Crippen LogP contribution in [0.25, 0.3) is 0 Å². The molecule has 1 aliphatic carbocycles. The largest absolute Gasteiger partial charge is 0.369 e. The van der Waals surface area contributed by atoms with Crippen molar-refractivity contribution >= 4 is 5.91 Å². The normalized spacial score (nSPS) is 22.8. The molecule has 0 radical (unpaired) electrons. The van der Waals surface area contributed by atoms with Gasteiger partial charge in [0.1, 0.15) is 0 Å². The maximum Gasteiger partial charge on any atom is 0.228 e. The van der Waals surface area contributed by atoms with E-state index in [1.54, 1.807) is 0 Å². The molecule has 24 heavy (non-hydrogen) atoms. The van der Waals surface area contributed by atoms with Crippen molar-refractivity contribution in [3.05, 3.63) is 35.9 Å². The summed E-state index contributed by atoms with van der Waals surface area (Å²) in [7, 11) is 0. The molecular formula is C21H32N2O. The fourth-order valence-electron chi connectivity index (χ4n) is 4.90. The van der Waals surface area contributed by atoms with Crippen LogP contribution in [-0.2, 0) is 10.2 Å². The van der Waals surface area contributed by atoms with Gasteiger partial charge in [0.2, 0.25) is 5.91 Å². The number of hydrogen-bond acceptors (Lipinski definition) is 2. The first-order valence-electron chi connectivity index (χ1n) is 9.81. The molecule has 2 fully saturated rings. The van der Waals surface area contributed by atoms with Crippen molar-refractivity contribution in [1.29, 1.82) is 0 Å². The lowest BCUT2D eigenvalue weighted by Gasteiger charge is -2.42. The molecule has 3 nitrogen and oxygen atoms in total. The van der Waals surface area contributed by atoms with Gasteiger partial charge in [0.05, 0.1) is 5.41 Å². The number of hydrogen-bond donors (Lipinski definition) is 1. The van der Waals surface area contributed by atoms with Crippen LogP contribution in [0.2, 0.25) is 0 Å². The summed E-state index contributed by atoms with van der Waals surface area (Å²) in [5.74, 6) is 0.286. The number of piperidine rings is 1. The van der Waals surface area contributed by atoms with Crippen LogP contribution < -0.4 is 5.73 Å². The molecule has 1 heterocycles. The maximum absolute atomic E-state index is 12.8. The van der Waals surface area contributed by atoms with Crippen LogP contribution in [0.3, 0.4) is 0 Å². The first-order chi connectivity index (χ1) is 11.7. The zero-order valence-electron chi connectivity index (χ0n) is 14.9. The Morgan fingerprint density at radius 1 is 1.00 bits per heavy atom. The molecule has 3 rings (SSSR count). The molecule has 1 amide bonds. The summed E-state index contributed by atoms with van der Waals surface area (Å²) in [6.45, 7) is 3.34. The van der Waals surface area contributed by atoms with E-state index in [2.05, 4.69) is 29.2 Å². The van der Waals surface area contributed by atoms with Crippen LogP contribution in [0.4, 0.5) is 0 Å². The third-order valence-electron chi connectivity index (χ3n) is 6.30. The third-order valence-corrected chi connectivity index (χ3v) is 6.30. The Labute approximate surface area is 146 Å². The van der Waals surface area contributed by atoms with Gasteiger partial charge in [-0.1, -0.05) is 56.0 Å². The van der Waals surface area contributed by atoms with Gasteiger partial charge in [-0.2, -0.15) is 0 Å². The summed E-state index contributed by atoms with van der Waals surface area (Å²) in [6, 6.07) is 10.4. The fourth-order valence-corrected chi connectivity index (χ4v) is 4.90. The van der Waals surface area contributed by atoms with E-state index in [0.29, 0.717) is 5.92 Å². The van der Waals surface area contributed by atoms with Gasteiger partial charge in [-0.05, 0) is 63.2 Å². The van der Waals surface area contributed by atoms with Crippen molar-refractivity contribution in [1.82, 2.24) is 4.90 Å². The highest BCUT2D eigenvalue weighted by atomic mass is 16.1. The highest BCUT2D eigenvalue weighted by molar-refractivity contribution is 5.87. The number of nitrogens with zero attached hydrogens (tertiary/aromatic N) is 1. The molecule has 1 aromatic carbocycles. The number of benzene rings is 1. The quantitative estimate of drug-likeness (QED) is 0.862. The Morgan fingerprint density at radius 3 is 2.25 bits per heavy atom. The lowest BCUT2D eigenvalue weighted by atomic mass is 9.62. The fraction of sp³-hybridized carbons (Fsp3) is 0.667. The molecule has 132 valence electrons. The molecule has 2 aliphatic rings. The zero-order chi connectivity index (χ0) is 16.8. The van der Waals surface area contributed by atoms with E-state index in [-0.39, 0.29) is 5.91 Å². The van der Waals surface area contributed by atoms with Gasteiger partial charge in [-0.25, -0.2) is 0 Å². The monoisotopic (exact) mass is 328 g/mol. The SMILES string of the molecule is NC(=O)C(CCN1CCCCC1)(c1ccccc1)C1CCCCC1. The van der Waals surface area contributed by atoms with Crippen LogP contribution in [0.1, 0.15) is 63.4 Å².